The van der Waals surface area contributed by atoms with Crippen molar-refractivity contribution in [1.29, 1.82) is 0 Å². The van der Waals surface area contributed by atoms with E-state index in [0.29, 0.717) is 11.1 Å². The lowest BCUT2D eigenvalue weighted by Crippen LogP contribution is -2.05. The van der Waals surface area contributed by atoms with E-state index in [1.165, 1.54) is 0 Å². The molecule has 0 bridgehead atoms. The number of benzene rings is 2. The normalized spacial score (nSPS) is 10.5. The number of rotatable bonds is 4. The maximum atomic E-state index is 14.0. The average molecular weight is 259 g/mol. The van der Waals surface area contributed by atoms with E-state index in [0.717, 1.165) is 16.9 Å². The first-order valence-corrected chi connectivity index (χ1v) is 6.29. The van der Waals surface area contributed by atoms with Crippen LogP contribution in [0.2, 0.25) is 0 Å². The van der Waals surface area contributed by atoms with Gasteiger partial charge in [0.15, 0.2) is 0 Å². The number of nitrogens with two attached hydrogens (primary N) is 1. The number of ether oxygens (including phenoxy) is 1. The predicted molar refractivity (Wildman–Crippen MR) is 74.5 cm³/mol. The molecule has 0 saturated heterocycles. The highest BCUT2D eigenvalue weighted by atomic mass is 19.1. The Morgan fingerprint density at radius 2 is 1.74 bits per heavy atom. The second kappa shape index (κ2) is 5.85. The van der Waals surface area contributed by atoms with Crippen LogP contribution in [0.15, 0.2) is 36.4 Å². The summed E-state index contributed by atoms with van der Waals surface area (Å²) in [5, 5.41) is 0. The summed E-state index contributed by atoms with van der Waals surface area (Å²) < 4.78 is 19.7. The first-order chi connectivity index (χ1) is 9.13. The van der Waals surface area contributed by atoms with Gasteiger partial charge in [0.05, 0.1) is 0 Å². The van der Waals surface area contributed by atoms with Gasteiger partial charge in [-0.3, -0.25) is 0 Å². The molecule has 0 unspecified atom stereocenters. The quantitative estimate of drug-likeness (QED) is 0.912. The Bertz CT molecular complexity index is 581. The lowest BCUT2D eigenvalue weighted by molar-refractivity contribution is 0.297. The van der Waals surface area contributed by atoms with Crippen LogP contribution in [-0.4, -0.2) is 0 Å². The second-order valence-corrected chi connectivity index (χ2v) is 4.58. The van der Waals surface area contributed by atoms with E-state index in [1.807, 2.05) is 32.0 Å². The predicted octanol–water partition coefficient (Wildman–Crippen LogP) is 3.48. The zero-order valence-electron chi connectivity index (χ0n) is 11.2. The third-order valence-electron chi connectivity index (χ3n) is 3.32. The fraction of sp³-hybridized carbons (Fsp3) is 0.250. The van der Waals surface area contributed by atoms with Crippen molar-refractivity contribution in [2.24, 2.45) is 5.73 Å². The third kappa shape index (κ3) is 2.93. The molecule has 0 aromatic heterocycles. The van der Waals surface area contributed by atoms with Crippen LogP contribution in [-0.2, 0) is 13.2 Å². The fourth-order valence-electron chi connectivity index (χ4n) is 1.94. The fourth-order valence-corrected chi connectivity index (χ4v) is 1.94. The van der Waals surface area contributed by atoms with Crippen LogP contribution in [0.3, 0.4) is 0 Å². The summed E-state index contributed by atoms with van der Waals surface area (Å²) in [7, 11) is 0. The lowest BCUT2D eigenvalue weighted by Gasteiger charge is -2.12. The summed E-state index contributed by atoms with van der Waals surface area (Å²) in [6.07, 6.45) is 0. The van der Waals surface area contributed by atoms with Crippen molar-refractivity contribution in [2.75, 3.05) is 0 Å². The first kappa shape index (κ1) is 13.6. The molecule has 100 valence electrons. The van der Waals surface area contributed by atoms with Crippen LogP contribution < -0.4 is 10.5 Å². The Morgan fingerprint density at radius 3 is 2.47 bits per heavy atom. The monoisotopic (exact) mass is 259 g/mol. The van der Waals surface area contributed by atoms with Crippen molar-refractivity contribution in [3.8, 4) is 5.75 Å². The van der Waals surface area contributed by atoms with Gasteiger partial charge in [-0.25, -0.2) is 4.39 Å². The molecule has 0 fully saturated rings. The lowest BCUT2D eigenvalue weighted by atomic mass is 10.1. The van der Waals surface area contributed by atoms with Crippen molar-refractivity contribution in [3.63, 3.8) is 0 Å². The van der Waals surface area contributed by atoms with Gasteiger partial charge >= 0.3 is 0 Å². The zero-order valence-corrected chi connectivity index (χ0v) is 11.2. The van der Waals surface area contributed by atoms with Gasteiger partial charge in [0, 0.05) is 17.7 Å². The van der Waals surface area contributed by atoms with Gasteiger partial charge in [-0.15, -0.1) is 0 Å². The molecular formula is C16H18FNO. The van der Waals surface area contributed by atoms with Crippen molar-refractivity contribution >= 4 is 0 Å². The van der Waals surface area contributed by atoms with Gasteiger partial charge in [-0.2, -0.15) is 0 Å². The number of halogens is 1. The highest BCUT2D eigenvalue weighted by Crippen LogP contribution is 2.22. The Labute approximate surface area is 113 Å². The summed E-state index contributed by atoms with van der Waals surface area (Å²) in [6.45, 7) is 4.43. The van der Waals surface area contributed by atoms with E-state index in [2.05, 4.69) is 0 Å². The van der Waals surface area contributed by atoms with Gasteiger partial charge in [0.25, 0.3) is 0 Å². The minimum Gasteiger partial charge on any atom is -0.489 e. The maximum absolute atomic E-state index is 14.0. The summed E-state index contributed by atoms with van der Waals surface area (Å²) in [5.41, 5.74) is 8.78. The first-order valence-electron chi connectivity index (χ1n) is 6.29. The number of hydrogen-bond donors (Lipinski definition) is 1. The van der Waals surface area contributed by atoms with Crippen LogP contribution in [0.1, 0.15) is 22.3 Å². The Hall–Kier alpha value is -1.87. The van der Waals surface area contributed by atoms with Crippen LogP contribution >= 0.6 is 0 Å². The maximum Gasteiger partial charge on any atom is 0.134 e. The molecule has 0 amide bonds. The summed E-state index contributed by atoms with van der Waals surface area (Å²) in [5.74, 6) is 0.521. The van der Waals surface area contributed by atoms with Crippen molar-refractivity contribution in [3.05, 3.63) is 64.5 Å². The van der Waals surface area contributed by atoms with E-state index >= 15 is 0 Å². The van der Waals surface area contributed by atoms with Gasteiger partial charge in [-0.05, 0) is 31.0 Å². The second-order valence-electron chi connectivity index (χ2n) is 4.58. The number of aryl methyl sites for hydroxylation is 1. The third-order valence-corrected chi connectivity index (χ3v) is 3.32. The molecule has 3 heteroatoms. The molecule has 0 radical (unpaired) electrons. The molecule has 2 N–H and O–H groups in total. The minimum atomic E-state index is -0.268. The van der Waals surface area contributed by atoms with Crippen LogP contribution in [0, 0.1) is 19.7 Å². The molecule has 2 rings (SSSR count). The molecule has 0 atom stereocenters. The van der Waals surface area contributed by atoms with E-state index in [-0.39, 0.29) is 19.0 Å². The molecule has 0 aliphatic rings. The SMILES string of the molecule is Cc1cccc(OCc2cccc(CN)c2F)c1C. The molecule has 0 aliphatic heterocycles. The van der Waals surface area contributed by atoms with E-state index < -0.39 is 0 Å². The smallest absolute Gasteiger partial charge is 0.134 e. The Morgan fingerprint density at radius 1 is 1.05 bits per heavy atom. The van der Waals surface area contributed by atoms with Crippen molar-refractivity contribution in [2.45, 2.75) is 27.0 Å². The van der Waals surface area contributed by atoms with Gasteiger partial charge in [0.2, 0.25) is 0 Å². The van der Waals surface area contributed by atoms with Gasteiger partial charge in [-0.1, -0.05) is 30.3 Å². The molecule has 0 saturated carbocycles. The van der Waals surface area contributed by atoms with E-state index in [9.17, 15) is 4.39 Å². The Kier molecular flexibility index (Phi) is 4.17. The highest BCUT2D eigenvalue weighted by Gasteiger charge is 2.08. The standard InChI is InChI=1S/C16H18FNO/c1-11-5-3-8-15(12(11)2)19-10-14-7-4-6-13(9-18)16(14)17/h3-8H,9-10,18H2,1-2H3. The van der Waals surface area contributed by atoms with Crippen LogP contribution in [0.4, 0.5) is 4.39 Å². The molecule has 2 aromatic rings. The zero-order chi connectivity index (χ0) is 13.8. The van der Waals surface area contributed by atoms with Crippen molar-refractivity contribution < 1.29 is 9.13 Å². The molecule has 19 heavy (non-hydrogen) atoms. The average Bonchev–Trinajstić information content (AvgIpc) is 2.42. The van der Waals surface area contributed by atoms with Gasteiger partial charge < -0.3 is 10.5 Å². The van der Waals surface area contributed by atoms with E-state index in [1.54, 1.807) is 18.2 Å². The summed E-state index contributed by atoms with van der Waals surface area (Å²) >= 11 is 0. The molecule has 0 aliphatic carbocycles. The van der Waals surface area contributed by atoms with Crippen LogP contribution in [0.25, 0.3) is 0 Å². The molecule has 0 spiro atoms. The molecule has 2 nitrogen and oxygen atoms in total. The topological polar surface area (TPSA) is 35.2 Å². The molecular weight excluding hydrogens is 241 g/mol. The highest BCUT2D eigenvalue weighted by molar-refractivity contribution is 5.38. The van der Waals surface area contributed by atoms with Gasteiger partial charge in [0.1, 0.15) is 18.2 Å². The number of hydrogen-bond acceptors (Lipinski definition) is 2. The van der Waals surface area contributed by atoms with Crippen LogP contribution in [0.5, 0.6) is 5.75 Å². The molecule has 0 heterocycles. The largest absolute Gasteiger partial charge is 0.489 e. The summed E-state index contributed by atoms with van der Waals surface area (Å²) in [6, 6.07) is 11.1. The van der Waals surface area contributed by atoms with Crippen molar-refractivity contribution in [1.82, 2.24) is 0 Å². The Balaban J connectivity index is 2.17. The molecule has 2 aromatic carbocycles. The minimum absolute atomic E-state index is 0.198. The van der Waals surface area contributed by atoms with E-state index in [4.69, 9.17) is 10.5 Å². The summed E-state index contributed by atoms with van der Waals surface area (Å²) in [4.78, 5) is 0.